The van der Waals surface area contributed by atoms with Gasteiger partial charge in [-0.2, -0.15) is 5.11 Å². The molecule has 0 aliphatic rings. The number of aliphatic carboxylic acids is 1. The van der Waals surface area contributed by atoms with Gasteiger partial charge in [0.15, 0.2) is 0 Å². The highest BCUT2D eigenvalue weighted by Gasteiger charge is 2.17. The van der Waals surface area contributed by atoms with Crippen LogP contribution in [0.25, 0.3) is 0 Å². The molecule has 4 N–H and O–H groups in total. The van der Waals surface area contributed by atoms with Crippen molar-refractivity contribution in [2.45, 2.75) is 13.0 Å². The smallest absolute Gasteiger partial charge is 0.339 e. The van der Waals surface area contributed by atoms with E-state index in [-0.39, 0.29) is 22.5 Å². The summed E-state index contributed by atoms with van der Waals surface area (Å²) in [6.07, 6.45) is 0. The molecule has 9 heteroatoms. The van der Waals surface area contributed by atoms with Crippen molar-refractivity contribution in [3.63, 3.8) is 0 Å². The first-order chi connectivity index (χ1) is 12.3. The van der Waals surface area contributed by atoms with Crippen molar-refractivity contribution >= 4 is 29.2 Å². The van der Waals surface area contributed by atoms with Crippen molar-refractivity contribution < 1.29 is 29.7 Å². The highest BCUT2D eigenvalue weighted by Crippen LogP contribution is 2.26. The molecule has 2 aromatic carbocycles. The molecule has 0 aromatic heterocycles. The van der Waals surface area contributed by atoms with E-state index in [2.05, 4.69) is 15.5 Å². The lowest BCUT2D eigenvalue weighted by molar-refractivity contribution is -0.138. The molecule has 1 amide bonds. The molecule has 0 radical (unpaired) electrons. The number of nitrogens with one attached hydrogen (secondary N) is 1. The summed E-state index contributed by atoms with van der Waals surface area (Å²) in [5.41, 5.74) is 0.117. The van der Waals surface area contributed by atoms with Gasteiger partial charge in [0.05, 0.1) is 16.9 Å². The number of phenols is 1. The molecule has 0 aliphatic carbocycles. The minimum absolute atomic E-state index is 0.113. The lowest BCUT2D eigenvalue weighted by Crippen LogP contribution is -2.38. The number of amides is 1. The second-order valence-electron chi connectivity index (χ2n) is 5.26. The molecular weight excluding hydrogens is 342 g/mol. The summed E-state index contributed by atoms with van der Waals surface area (Å²) in [4.78, 5) is 34.1. The summed E-state index contributed by atoms with van der Waals surface area (Å²) in [5.74, 6) is -3.53. The fourth-order valence-corrected chi connectivity index (χ4v) is 1.96. The van der Waals surface area contributed by atoms with Crippen LogP contribution in [0.3, 0.4) is 0 Å². The van der Waals surface area contributed by atoms with Crippen molar-refractivity contribution in [3.05, 3.63) is 53.6 Å². The van der Waals surface area contributed by atoms with E-state index in [1.54, 1.807) is 12.1 Å². The molecular formula is C17H15N3O6. The maximum absolute atomic E-state index is 12.2. The Hall–Kier alpha value is -3.75. The zero-order valence-corrected chi connectivity index (χ0v) is 13.6. The third-order valence-corrected chi connectivity index (χ3v) is 3.35. The monoisotopic (exact) mass is 357 g/mol. The molecule has 0 saturated carbocycles. The van der Waals surface area contributed by atoms with Gasteiger partial charge in [-0.3, -0.25) is 9.59 Å². The molecule has 0 bridgehead atoms. The van der Waals surface area contributed by atoms with Crippen molar-refractivity contribution in [1.82, 2.24) is 5.32 Å². The topological polar surface area (TPSA) is 149 Å². The van der Waals surface area contributed by atoms with Gasteiger partial charge in [-0.1, -0.05) is 12.1 Å². The molecule has 0 saturated heterocycles. The lowest BCUT2D eigenvalue weighted by Gasteiger charge is -2.10. The van der Waals surface area contributed by atoms with Crippen LogP contribution in [-0.2, 0) is 4.79 Å². The van der Waals surface area contributed by atoms with Crippen LogP contribution >= 0.6 is 0 Å². The van der Waals surface area contributed by atoms with Crippen molar-refractivity contribution in [2.24, 2.45) is 10.2 Å². The van der Waals surface area contributed by atoms with Gasteiger partial charge >= 0.3 is 11.9 Å². The number of hydrogen-bond acceptors (Lipinski definition) is 6. The Morgan fingerprint density at radius 1 is 1.00 bits per heavy atom. The normalized spacial score (nSPS) is 11.9. The first-order valence-electron chi connectivity index (χ1n) is 7.40. The van der Waals surface area contributed by atoms with Gasteiger partial charge in [-0.05, 0) is 37.3 Å². The molecule has 9 nitrogen and oxygen atoms in total. The second kappa shape index (κ2) is 7.88. The predicted octanol–water partition coefficient (Wildman–Crippen LogP) is 2.71. The number of hydrogen-bond donors (Lipinski definition) is 4. The summed E-state index contributed by atoms with van der Waals surface area (Å²) in [7, 11) is 0. The highest BCUT2D eigenvalue weighted by atomic mass is 16.4. The number of azo groups is 1. The molecule has 0 spiro atoms. The number of benzene rings is 2. The molecule has 2 rings (SSSR count). The van der Waals surface area contributed by atoms with Gasteiger partial charge in [0.2, 0.25) is 0 Å². The molecule has 1 atom stereocenters. The van der Waals surface area contributed by atoms with Crippen LogP contribution in [0.5, 0.6) is 5.75 Å². The van der Waals surface area contributed by atoms with Gasteiger partial charge in [0.25, 0.3) is 5.91 Å². The van der Waals surface area contributed by atoms with E-state index in [1.807, 2.05) is 0 Å². The van der Waals surface area contributed by atoms with E-state index in [1.165, 1.54) is 31.2 Å². The average molecular weight is 357 g/mol. The van der Waals surface area contributed by atoms with Gasteiger partial charge in [-0.15, -0.1) is 5.11 Å². The highest BCUT2D eigenvalue weighted by molar-refractivity contribution is 6.00. The van der Waals surface area contributed by atoms with Crippen LogP contribution in [0.1, 0.15) is 27.6 Å². The van der Waals surface area contributed by atoms with Crippen LogP contribution in [-0.4, -0.2) is 39.2 Å². The Kier molecular flexibility index (Phi) is 5.63. The molecule has 2 aromatic rings. The number of aromatic carboxylic acids is 1. The van der Waals surface area contributed by atoms with Crippen LogP contribution in [0, 0.1) is 0 Å². The Morgan fingerprint density at radius 2 is 1.69 bits per heavy atom. The van der Waals surface area contributed by atoms with Crippen LogP contribution in [0.4, 0.5) is 11.4 Å². The van der Waals surface area contributed by atoms with Crippen LogP contribution in [0.15, 0.2) is 52.7 Å². The maximum Gasteiger partial charge on any atom is 0.339 e. The minimum atomic E-state index is -1.32. The van der Waals surface area contributed by atoms with E-state index >= 15 is 0 Å². The summed E-state index contributed by atoms with van der Waals surface area (Å²) in [5, 5.41) is 37.4. The number of nitrogens with zero attached hydrogens (tertiary/aromatic N) is 2. The number of rotatable bonds is 6. The third kappa shape index (κ3) is 4.41. The molecule has 0 fully saturated rings. The van der Waals surface area contributed by atoms with Crippen LogP contribution < -0.4 is 5.32 Å². The van der Waals surface area contributed by atoms with Crippen molar-refractivity contribution in [1.29, 1.82) is 0 Å². The molecule has 26 heavy (non-hydrogen) atoms. The Labute approximate surface area is 147 Å². The SMILES string of the molecule is CC(NC(=O)c1ccccc1N=Nc1ccc(O)c(C(=O)O)c1)C(=O)O. The number of carboxylic acid groups (broad SMARTS) is 2. The van der Waals surface area contributed by atoms with Crippen molar-refractivity contribution in [3.8, 4) is 5.75 Å². The number of carbonyl (C=O) groups excluding carboxylic acids is 1. The summed E-state index contributed by atoms with van der Waals surface area (Å²) in [6, 6.07) is 8.75. The minimum Gasteiger partial charge on any atom is -0.507 e. The fourth-order valence-electron chi connectivity index (χ4n) is 1.96. The zero-order chi connectivity index (χ0) is 19.3. The Balaban J connectivity index is 2.29. The molecule has 134 valence electrons. The van der Waals surface area contributed by atoms with Crippen molar-refractivity contribution in [2.75, 3.05) is 0 Å². The van der Waals surface area contributed by atoms with E-state index < -0.39 is 29.6 Å². The Morgan fingerprint density at radius 3 is 2.35 bits per heavy atom. The quantitative estimate of drug-likeness (QED) is 0.584. The van der Waals surface area contributed by atoms with E-state index in [0.717, 1.165) is 6.07 Å². The van der Waals surface area contributed by atoms with Gasteiger partial charge in [-0.25, -0.2) is 4.79 Å². The summed E-state index contributed by atoms with van der Waals surface area (Å²) >= 11 is 0. The third-order valence-electron chi connectivity index (χ3n) is 3.35. The number of carboxylic acids is 2. The Bertz CT molecular complexity index is 894. The maximum atomic E-state index is 12.2. The summed E-state index contributed by atoms with van der Waals surface area (Å²) in [6.45, 7) is 1.33. The fraction of sp³-hybridized carbons (Fsp3) is 0.118. The van der Waals surface area contributed by atoms with E-state index in [4.69, 9.17) is 10.2 Å². The van der Waals surface area contributed by atoms with Gasteiger partial charge in [0, 0.05) is 0 Å². The molecule has 1 unspecified atom stereocenters. The first kappa shape index (κ1) is 18.6. The van der Waals surface area contributed by atoms with Gasteiger partial charge in [0.1, 0.15) is 17.4 Å². The first-order valence-corrected chi connectivity index (χ1v) is 7.40. The summed E-state index contributed by atoms with van der Waals surface area (Å²) < 4.78 is 0. The van der Waals surface area contributed by atoms with E-state index in [0.29, 0.717) is 0 Å². The van der Waals surface area contributed by atoms with E-state index in [9.17, 15) is 19.5 Å². The molecule has 0 aliphatic heterocycles. The lowest BCUT2D eigenvalue weighted by atomic mass is 10.1. The number of aromatic hydroxyl groups is 1. The molecule has 0 heterocycles. The standard InChI is InChI=1S/C17H15N3O6/c1-9(16(23)24)18-15(22)11-4-2-3-5-13(11)20-19-10-6-7-14(21)12(8-10)17(25)26/h2-9,21H,1H3,(H,18,22)(H,23,24)(H,25,26). The zero-order valence-electron chi connectivity index (χ0n) is 13.6. The largest absolute Gasteiger partial charge is 0.507 e. The second-order valence-corrected chi connectivity index (χ2v) is 5.26. The average Bonchev–Trinajstić information content (AvgIpc) is 2.60. The van der Waals surface area contributed by atoms with Gasteiger partial charge < -0.3 is 20.6 Å². The predicted molar refractivity (Wildman–Crippen MR) is 90.2 cm³/mol. The van der Waals surface area contributed by atoms with Crippen LogP contribution in [0.2, 0.25) is 0 Å². The number of carbonyl (C=O) groups is 3.